The summed E-state index contributed by atoms with van der Waals surface area (Å²) in [7, 11) is -4.07. The normalized spacial score (nSPS) is 11.3. The molecule has 2 rings (SSSR count). The van der Waals surface area contributed by atoms with Crippen LogP contribution in [0.1, 0.15) is 5.56 Å². The lowest BCUT2D eigenvalue weighted by Gasteiger charge is -2.22. The summed E-state index contributed by atoms with van der Waals surface area (Å²) in [6, 6.07) is 11.8. The molecule has 0 amide bonds. The van der Waals surface area contributed by atoms with Crippen LogP contribution in [0.15, 0.2) is 53.4 Å². The van der Waals surface area contributed by atoms with Crippen molar-refractivity contribution in [2.24, 2.45) is 5.73 Å². The maximum Gasteiger partial charge on any atom is 0.246 e. The number of benzene rings is 2. The van der Waals surface area contributed by atoms with Crippen LogP contribution in [-0.2, 0) is 16.4 Å². The van der Waals surface area contributed by atoms with E-state index in [4.69, 9.17) is 5.73 Å². The van der Waals surface area contributed by atoms with E-state index in [1.807, 2.05) is 30.3 Å². The lowest BCUT2D eigenvalue weighted by molar-refractivity contribution is 0.417. The fourth-order valence-electron chi connectivity index (χ4n) is 2.22. The summed E-state index contributed by atoms with van der Waals surface area (Å²) in [4.78, 5) is -0.541. The van der Waals surface area contributed by atoms with E-state index in [9.17, 15) is 17.2 Å². The molecular weight excluding hydrogens is 358 g/mol. The molecule has 2 aromatic rings. The molecule has 0 aliphatic rings. The minimum absolute atomic E-state index is 0. The zero-order chi connectivity index (χ0) is 16.9. The maximum absolute atomic E-state index is 13.8. The van der Waals surface area contributed by atoms with Gasteiger partial charge in [-0.15, -0.1) is 12.4 Å². The molecule has 2 aromatic carbocycles. The van der Waals surface area contributed by atoms with Crippen LogP contribution in [0.25, 0.3) is 0 Å². The first-order valence-corrected chi connectivity index (χ1v) is 8.58. The van der Waals surface area contributed by atoms with Crippen molar-refractivity contribution in [2.45, 2.75) is 11.3 Å². The molecule has 0 aromatic heterocycles. The molecule has 0 atom stereocenters. The zero-order valence-corrected chi connectivity index (χ0v) is 14.5. The van der Waals surface area contributed by atoms with E-state index in [1.165, 1.54) is 0 Å². The number of rotatable bonds is 7. The SMILES string of the molecule is Cl.NCCN(CCc1ccccc1)S(=O)(=O)c1ccc(F)cc1F. The Kier molecular flexibility index (Phi) is 7.75. The summed E-state index contributed by atoms with van der Waals surface area (Å²) in [5.41, 5.74) is 6.44. The molecule has 0 bridgehead atoms. The van der Waals surface area contributed by atoms with Gasteiger partial charge in [-0.05, 0) is 24.1 Å². The van der Waals surface area contributed by atoms with Crippen LogP contribution in [0.4, 0.5) is 8.78 Å². The summed E-state index contributed by atoms with van der Waals surface area (Å²) < 4.78 is 53.1. The number of hydrogen-bond donors (Lipinski definition) is 1. The first-order valence-electron chi connectivity index (χ1n) is 7.14. The lowest BCUT2D eigenvalue weighted by atomic mass is 10.1. The average molecular weight is 377 g/mol. The molecular formula is C16H19ClF2N2O2S. The lowest BCUT2D eigenvalue weighted by Crippen LogP contribution is -2.37. The molecule has 0 saturated heterocycles. The highest BCUT2D eigenvalue weighted by Crippen LogP contribution is 2.20. The zero-order valence-electron chi connectivity index (χ0n) is 12.9. The third-order valence-electron chi connectivity index (χ3n) is 3.38. The van der Waals surface area contributed by atoms with Crippen molar-refractivity contribution in [2.75, 3.05) is 19.6 Å². The van der Waals surface area contributed by atoms with Gasteiger partial charge in [-0.25, -0.2) is 17.2 Å². The minimum atomic E-state index is -4.07. The van der Waals surface area contributed by atoms with E-state index in [0.717, 1.165) is 22.0 Å². The second kappa shape index (κ2) is 9.08. The molecule has 0 aliphatic heterocycles. The molecule has 8 heteroatoms. The van der Waals surface area contributed by atoms with E-state index < -0.39 is 26.6 Å². The van der Waals surface area contributed by atoms with E-state index in [0.29, 0.717) is 12.5 Å². The van der Waals surface area contributed by atoms with Gasteiger partial charge in [0.1, 0.15) is 16.5 Å². The largest absolute Gasteiger partial charge is 0.329 e. The van der Waals surface area contributed by atoms with Crippen LogP contribution in [0.3, 0.4) is 0 Å². The minimum Gasteiger partial charge on any atom is -0.329 e. The summed E-state index contributed by atoms with van der Waals surface area (Å²) >= 11 is 0. The van der Waals surface area contributed by atoms with Gasteiger partial charge in [0.15, 0.2) is 0 Å². The van der Waals surface area contributed by atoms with E-state index in [2.05, 4.69) is 0 Å². The average Bonchev–Trinajstić information content (AvgIpc) is 2.52. The molecule has 0 aliphatic carbocycles. The number of hydrogen-bond acceptors (Lipinski definition) is 3. The summed E-state index contributed by atoms with van der Waals surface area (Å²) in [5, 5.41) is 0. The fraction of sp³-hybridized carbons (Fsp3) is 0.250. The molecule has 132 valence electrons. The van der Waals surface area contributed by atoms with Gasteiger partial charge in [-0.1, -0.05) is 30.3 Å². The Labute approximate surface area is 146 Å². The molecule has 0 saturated carbocycles. The first kappa shape index (κ1) is 20.5. The van der Waals surface area contributed by atoms with Crippen molar-refractivity contribution in [3.63, 3.8) is 0 Å². The van der Waals surface area contributed by atoms with Crippen molar-refractivity contribution in [1.82, 2.24) is 4.31 Å². The third-order valence-corrected chi connectivity index (χ3v) is 5.31. The van der Waals surface area contributed by atoms with Gasteiger partial charge in [0, 0.05) is 25.7 Å². The Hall–Kier alpha value is -1.54. The quantitative estimate of drug-likeness (QED) is 0.807. The Bertz CT molecular complexity index is 758. The number of halogens is 3. The number of sulfonamides is 1. The summed E-state index contributed by atoms with van der Waals surface area (Å²) in [6.07, 6.45) is 0.475. The van der Waals surface area contributed by atoms with Gasteiger partial charge in [-0.3, -0.25) is 0 Å². The van der Waals surface area contributed by atoms with Gasteiger partial charge >= 0.3 is 0 Å². The summed E-state index contributed by atoms with van der Waals surface area (Å²) in [5.74, 6) is -1.93. The highest BCUT2D eigenvalue weighted by Gasteiger charge is 2.27. The van der Waals surface area contributed by atoms with Gasteiger partial charge < -0.3 is 5.73 Å². The fourth-order valence-corrected chi connectivity index (χ4v) is 3.72. The van der Waals surface area contributed by atoms with Crippen LogP contribution in [0, 0.1) is 11.6 Å². The topological polar surface area (TPSA) is 63.4 Å². The van der Waals surface area contributed by atoms with Gasteiger partial charge in [0.25, 0.3) is 0 Å². The highest BCUT2D eigenvalue weighted by atomic mass is 35.5. The molecule has 2 N–H and O–H groups in total. The van der Waals surface area contributed by atoms with Crippen molar-refractivity contribution < 1.29 is 17.2 Å². The van der Waals surface area contributed by atoms with Crippen LogP contribution >= 0.6 is 12.4 Å². The van der Waals surface area contributed by atoms with Crippen LogP contribution < -0.4 is 5.73 Å². The Balaban J connectivity index is 0.00000288. The molecule has 0 fully saturated rings. The standard InChI is InChI=1S/C16H18F2N2O2S.ClH/c17-14-6-7-16(15(18)12-14)23(21,22)20(11-9-19)10-8-13-4-2-1-3-5-13;/h1-7,12H,8-11,19H2;1H. The molecule has 4 nitrogen and oxygen atoms in total. The van der Waals surface area contributed by atoms with Crippen LogP contribution in [0.5, 0.6) is 0 Å². The predicted molar refractivity (Wildman–Crippen MR) is 91.6 cm³/mol. The number of nitrogens with zero attached hydrogens (tertiary/aromatic N) is 1. The molecule has 0 radical (unpaired) electrons. The molecule has 0 unspecified atom stereocenters. The van der Waals surface area contributed by atoms with Crippen molar-refractivity contribution in [1.29, 1.82) is 0 Å². The Morgan fingerprint density at radius 3 is 2.25 bits per heavy atom. The van der Waals surface area contributed by atoms with E-state index in [1.54, 1.807) is 0 Å². The first-order chi connectivity index (χ1) is 10.9. The van der Waals surface area contributed by atoms with Crippen molar-refractivity contribution >= 4 is 22.4 Å². The highest BCUT2D eigenvalue weighted by molar-refractivity contribution is 7.89. The third kappa shape index (κ3) is 4.98. The molecule has 24 heavy (non-hydrogen) atoms. The number of nitrogens with two attached hydrogens (primary N) is 1. The molecule has 0 heterocycles. The van der Waals surface area contributed by atoms with E-state index >= 15 is 0 Å². The van der Waals surface area contributed by atoms with Gasteiger partial charge in [0.05, 0.1) is 0 Å². The van der Waals surface area contributed by atoms with Gasteiger partial charge in [-0.2, -0.15) is 4.31 Å². The van der Waals surface area contributed by atoms with Crippen molar-refractivity contribution in [3.8, 4) is 0 Å². The second-order valence-corrected chi connectivity index (χ2v) is 6.91. The second-order valence-electron chi connectivity index (χ2n) is 5.00. The Morgan fingerprint density at radius 1 is 1.00 bits per heavy atom. The monoisotopic (exact) mass is 376 g/mol. The van der Waals surface area contributed by atoms with Crippen LogP contribution in [0.2, 0.25) is 0 Å². The van der Waals surface area contributed by atoms with Crippen molar-refractivity contribution in [3.05, 3.63) is 65.7 Å². The Morgan fingerprint density at radius 2 is 1.67 bits per heavy atom. The predicted octanol–water partition coefficient (Wildman–Crippen LogP) is 2.58. The summed E-state index contributed by atoms with van der Waals surface area (Å²) in [6.45, 7) is 0.336. The maximum atomic E-state index is 13.8. The van der Waals surface area contributed by atoms with E-state index in [-0.39, 0.29) is 32.0 Å². The van der Waals surface area contributed by atoms with Crippen LogP contribution in [-0.4, -0.2) is 32.4 Å². The molecule has 0 spiro atoms. The van der Waals surface area contributed by atoms with Gasteiger partial charge in [0.2, 0.25) is 10.0 Å². The smallest absolute Gasteiger partial charge is 0.246 e.